The number of hydrogen-bond acceptors (Lipinski definition) is 4. The van der Waals surface area contributed by atoms with Crippen LogP contribution in [0.2, 0.25) is 0 Å². The molecule has 0 fully saturated rings. The van der Waals surface area contributed by atoms with E-state index in [1.165, 1.54) is 0 Å². The third-order valence-corrected chi connectivity index (χ3v) is 4.38. The van der Waals surface area contributed by atoms with Gasteiger partial charge in [0.1, 0.15) is 12.4 Å². The lowest BCUT2D eigenvalue weighted by Crippen LogP contribution is -2.23. The minimum atomic E-state index is -0.782. The highest BCUT2D eigenvalue weighted by Gasteiger charge is 2.07. The lowest BCUT2D eigenvalue weighted by molar-refractivity contribution is -0.0996. The van der Waals surface area contributed by atoms with Crippen molar-refractivity contribution in [2.75, 3.05) is 27.2 Å². The number of nitrogens with zero attached hydrogens (tertiary/aromatic N) is 1. The predicted molar refractivity (Wildman–Crippen MR) is 109 cm³/mol. The first-order chi connectivity index (χ1) is 13.1. The van der Waals surface area contributed by atoms with Gasteiger partial charge in [0.15, 0.2) is 6.29 Å². The highest BCUT2D eigenvalue weighted by atomic mass is 16.6. The maximum atomic E-state index is 10.0. The molecule has 0 saturated carbocycles. The number of aliphatic hydroxyl groups is 1. The van der Waals surface area contributed by atoms with Crippen LogP contribution in [-0.2, 0) is 17.8 Å². The molecule has 3 aromatic carbocycles. The summed E-state index contributed by atoms with van der Waals surface area (Å²) in [6, 6.07) is 22.4. The minimum Gasteiger partial charge on any atom is -0.489 e. The fraction of sp³-hybridized carbons (Fsp3) is 0.304. The maximum absolute atomic E-state index is 10.0. The van der Waals surface area contributed by atoms with E-state index in [1.54, 1.807) is 0 Å². The molecular formula is C23H27NO3. The molecule has 1 atom stereocenters. The lowest BCUT2D eigenvalue weighted by atomic mass is 10.0. The third-order valence-electron chi connectivity index (χ3n) is 4.38. The smallest absolute Gasteiger partial charge is 0.158 e. The fourth-order valence-electron chi connectivity index (χ4n) is 2.86. The quantitative estimate of drug-likeness (QED) is 0.585. The molecular weight excluding hydrogens is 338 g/mol. The Morgan fingerprint density at radius 3 is 2.41 bits per heavy atom. The second-order valence-corrected chi connectivity index (χ2v) is 6.95. The first kappa shape index (κ1) is 19.4. The molecule has 4 nitrogen and oxygen atoms in total. The third kappa shape index (κ3) is 6.07. The van der Waals surface area contributed by atoms with Crippen LogP contribution in [0.3, 0.4) is 0 Å². The molecule has 0 aliphatic carbocycles. The molecule has 0 amide bonds. The van der Waals surface area contributed by atoms with E-state index in [2.05, 4.69) is 30.3 Å². The van der Waals surface area contributed by atoms with Gasteiger partial charge in [-0.15, -0.1) is 0 Å². The van der Waals surface area contributed by atoms with E-state index in [-0.39, 0.29) is 0 Å². The summed E-state index contributed by atoms with van der Waals surface area (Å²) < 4.78 is 11.4. The Bertz CT molecular complexity index is 849. The van der Waals surface area contributed by atoms with Gasteiger partial charge >= 0.3 is 0 Å². The van der Waals surface area contributed by atoms with E-state index in [0.717, 1.165) is 34.2 Å². The van der Waals surface area contributed by atoms with E-state index < -0.39 is 6.29 Å². The molecule has 27 heavy (non-hydrogen) atoms. The molecule has 3 rings (SSSR count). The maximum Gasteiger partial charge on any atom is 0.158 e. The molecule has 0 bridgehead atoms. The molecule has 3 aromatic rings. The van der Waals surface area contributed by atoms with Gasteiger partial charge in [-0.2, -0.15) is 0 Å². The van der Waals surface area contributed by atoms with Crippen molar-refractivity contribution in [1.29, 1.82) is 0 Å². The van der Waals surface area contributed by atoms with Crippen molar-refractivity contribution in [3.05, 3.63) is 77.9 Å². The number of aliphatic hydroxyl groups excluding tert-OH is 1. The Balaban J connectivity index is 1.59. The van der Waals surface area contributed by atoms with Gasteiger partial charge in [0.25, 0.3) is 0 Å². The van der Waals surface area contributed by atoms with Crippen LogP contribution in [0, 0.1) is 0 Å². The van der Waals surface area contributed by atoms with Crippen molar-refractivity contribution < 1.29 is 14.6 Å². The molecule has 142 valence electrons. The molecule has 1 N–H and O–H groups in total. The van der Waals surface area contributed by atoms with Crippen LogP contribution >= 0.6 is 0 Å². The van der Waals surface area contributed by atoms with Gasteiger partial charge < -0.3 is 19.5 Å². The summed E-state index contributed by atoms with van der Waals surface area (Å²) in [6.45, 7) is 1.87. The number of likely N-dealkylation sites (N-methyl/N-ethyl adjacent to an activating group) is 1. The minimum absolute atomic E-state index is 0.482. The standard InChI is InChI=1S/C23H27NO3/c1-24(2)12-13-26-23(25)15-19-8-9-21-16-22(11-10-20(21)14-19)27-17-18-6-4-3-5-7-18/h3-11,14,16,23,25H,12-13,15,17H2,1-2H3. The Hall–Kier alpha value is -2.40. The van der Waals surface area contributed by atoms with Gasteiger partial charge in [0.05, 0.1) is 6.61 Å². The highest BCUT2D eigenvalue weighted by Crippen LogP contribution is 2.23. The number of fused-ring (bicyclic) bond motifs is 1. The van der Waals surface area contributed by atoms with Gasteiger partial charge in [-0.25, -0.2) is 0 Å². The summed E-state index contributed by atoms with van der Waals surface area (Å²) >= 11 is 0. The van der Waals surface area contributed by atoms with Crippen LogP contribution in [0.15, 0.2) is 66.7 Å². The predicted octanol–water partition coefficient (Wildman–Crippen LogP) is 3.86. The largest absolute Gasteiger partial charge is 0.489 e. The van der Waals surface area contributed by atoms with E-state index in [0.29, 0.717) is 19.6 Å². The van der Waals surface area contributed by atoms with E-state index >= 15 is 0 Å². The first-order valence-corrected chi connectivity index (χ1v) is 9.24. The summed E-state index contributed by atoms with van der Waals surface area (Å²) in [5, 5.41) is 12.3. The fourth-order valence-corrected chi connectivity index (χ4v) is 2.86. The van der Waals surface area contributed by atoms with Gasteiger partial charge in [0, 0.05) is 13.0 Å². The Morgan fingerprint density at radius 2 is 1.63 bits per heavy atom. The average molecular weight is 365 g/mol. The van der Waals surface area contributed by atoms with Crippen molar-refractivity contribution in [3.8, 4) is 5.75 Å². The number of benzene rings is 3. The van der Waals surface area contributed by atoms with Gasteiger partial charge in [-0.1, -0.05) is 54.6 Å². The molecule has 0 spiro atoms. The zero-order valence-electron chi connectivity index (χ0n) is 16.0. The van der Waals surface area contributed by atoms with Crippen LogP contribution < -0.4 is 4.74 Å². The Morgan fingerprint density at radius 1 is 0.889 bits per heavy atom. The van der Waals surface area contributed by atoms with Crippen LogP contribution in [0.1, 0.15) is 11.1 Å². The van der Waals surface area contributed by atoms with E-state index in [1.807, 2.05) is 55.4 Å². The molecule has 0 aliphatic heterocycles. The Kier molecular flexibility index (Phi) is 6.82. The summed E-state index contributed by atoms with van der Waals surface area (Å²) in [5.41, 5.74) is 2.20. The molecule has 0 aromatic heterocycles. The monoisotopic (exact) mass is 365 g/mol. The van der Waals surface area contributed by atoms with Crippen LogP contribution in [0.4, 0.5) is 0 Å². The average Bonchev–Trinajstić information content (AvgIpc) is 2.67. The molecule has 0 aliphatic rings. The van der Waals surface area contributed by atoms with E-state index in [9.17, 15) is 5.11 Å². The highest BCUT2D eigenvalue weighted by molar-refractivity contribution is 5.84. The van der Waals surface area contributed by atoms with Crippen LogP contribution in [0.25, 0.3) is 10.8 Å². The number of rotatable bonds is 9. The summed E-state index contributed by atoms with van der Waals surface area (Å²) in [5.74, 6) is 0.853. The van der Waals surface area contributed by atoms with Crippen molar-refractivity contribution in [3.63, 3.8) is 0 Å². The normalized spacial score (nSPS) is 12.4. The first-order valence-electron chi connectivity index (χ1n) is 9.24. The van der Waals surface area contributed by atoms with Gasteiger partial charge in [-0.05, 0) is 48.1 Å². The molecule has 1 unspecified atom stereocenters. The summed E-state index contributed by atoms with van der Waals surface area (Å²) in [4.78, 5) is 2.03. The van der Waals surface area contributed by atoms with Crippen molar-refractivity contribution >= 4 is 10.8 Å². The van der Waals surface area contributed by atoms with E-state index in [4.69, 9.17) is 9.47 Å². The van der Waals surface area contributed by atoms with Crippen molar-refractivity contribution in [1.82, 2.24) is 4.90 Å². The second kappa shape index (κ2) is 9.51. The number of ether oxygens (including phenoxy) is 2. The molecule has 4 heteroatoms. The van der Waals surface area contributed by atoms with Crippen molar-refractivity contribution in [2.45, 2.75) is 19.3 Å². The zero-order valence-corrected chi connectivity index (χ0v) is 16.0. The van der Waals surface area contributed by atoms with Crippen molar-refractivity contribution in [2.24, 2.45) is 0 Å². The van der Waals surface area contributed by atoms with Gasteiger partial charge in [0.2, 0.25) is 0 Å². The van der Waals surface area contributed by atoms with Crippen LogP contribution in [0.5, 0.6) is 5.75 Å². The molecule has 0 heterocycles. The Labute approximate surface area is 161 Å². The van der Waals surface area contributed by atoms with Crippen LogP contribution in [-0.4, -0.2) is 43.5 Å². The second-order valence-electron chi connectivity index (χ2n) is 6.95. The summed E-state index contributed by atoms with van der Waals surface area (Å²) in [7, 11) is 3.97. The summed E-state index contributed by atoms with van der Waals surface area (Å²) in [6.07, 6.45) is -0.300. The molecule has 0 radical (unpaired) electrons. The molecule has 0 saturated heterocycles. The topological polar surface area (TPSA) is 41.9 Å². The van der Waals surface area contributed by atoms with Gasteiger partial charge in [-0.3, -0.25) is 0 Å². The SMILES string of the molecule is CN(C)CCOC(O)Cc1ccc2cc(OCc3ccccc3)ccc2c1. The zero-order chi connectivity index (χ0) is 19.1. The number of hydrogen-bond donors (Lipinski definition) is 1. The lowest BCUT2D eigenvalue weighted by Gasteiger charge is -2.15.